The summed E-state index contributed by atoms with van der Waals surface area (Å²) in [5.74, 6) is -0.116. The average molecular weight is 247 g/mol. The van der Waals surface area contributed by atoms with Crippen molar-refractivity contribution in [3.8, 4) is 5.75 Å². The zero-order chi connectivity index (χ0) is 12.8. The smallest absolute Gasteiger partial charge is 0.272 e. The summed E-state index contributed by atoms with van der Waals surface area (Å²) < 4.78 is 42.0. The van der Waals surface area contributed by atoms with Crippen LogP contribution >= 0.6 is 0 Å². The van der Waals surface area contributed by atoms with Crippen molar-refractivity contribution in [1.29, 1.82) is 0 Å². The van der Waals surface area contributed by atoms with Gasteiger partial charge in [-0.15, -0.1) is 0 Å². The molecule has 1 rings (SSSR count). The van der Waals surface area contributed by atoms with Gasteiger partial charge in [-0.3, -0.25) is 0 Å². The first-order valence-corrected chi connectivity index (χ1v) is 5.41. The van der Waals surface area contributed by atoms with Gasteiger partial charge in [0.1, 0.15) is 18.2 Å². The second kappa shape index (κ2) is 6.49. The Labute approximate surface area is 98.8 Å². The summed E-state index contributed by atoms with van der Waals surface area (Å²) in [6.07, 6.45) is -2.54. The van der Waals surface area contributed by atoms with Crippen molar-refractivity contribution in [2.45, 2.75) is 32.9 Å². The first-order chi connectivity index (χ1) is 7.99. The minimum Gasteiger partial charge on any atom is -0.487 e. The lowest BCUT2D eigenvalue weighted by molar-refractivity contribution is 0.0813. The number of ether oxygens (including phenoxy) is 1. The molecule has 0 saturated carbocycles. The summed E-state index contributed by atoms with van der Waals surface area (Å²) in [5.41, 5.74) is 0.541. The van der Waals surface area contributed by atoms with Crippen LogP contribution in [0, 0.1) is 5.82 Å². The lowest BCUT2D eigenvalue weighted by Gasteiger charge is -2.13. The van der Waals surface area contributed by atoms with E-state index < -0.39 is 18.8 Å². The molecule has 0 aliphatic rings. The van der Waals surface area contributed by atoms with Crippen LogP contribution in [0.4, 0.5) is 13.2 Å². The summed E-state index contributed by atoms with van der Waals surface area (Å²) in [6, 6.07) is 4.08. The number of hydrogen-bond donors (Lipinski definition) is 1. The topological polar surface area (TPSA) is 21.3 Å². The van der Waals surface area contributed by atoms with Crippen LogP contribution in [0.1, 0.15) is 19.4 Å². The van der Waals surface area contributed by atoms with Gasteiger partial charge in [-0.25, -0.2) is 13.2 Å². The first kappa shape index (κ1) is 13.8. The average Bonchev–Trinajstić information content (AvgIpc) is 2.24. The molecule has 0 aliphatic carbocycles. The maximum atomic E-state index is 13.0. The van der Waals surface area contributed by atoms with Crippen LogP contribution in [0.3, 0.4) is 0 Å². The Hall–Kier alpha value is -1.23. The lowest BCUT2D eigenvalue weighted by atomic mass is 10.2. The Morgan fingerprint density at radius 1 is 1.29 bits per heavy atom. The predicted molar refractivity (Wildman–Crippen MR) is 59.9 cm³/mol. The van der Waals surface area contributed by atoms with Gasteiger partial charge in [0.05, 0.1) is 0 Å². The Balaban J connectivity index is 2.72. The number of halogens is 3. The Morgan fingerprint density at radius 2 is 2.00 bits per heavy atom. The highest BCUT2D eigenvalue weighted by atomic mass is 19.3. The van der Waals surface area contributed by atoms with Crippen LogP contribution < -0.4 is 10.1 Å². The number of nitrogens with one attached hydrogen (secondary N) is 1. The molecule has 96 valence electrons. The van der Waals surface area contributed by atoms with E-state index >= 15 is 0 Å². The van der Waals surface area contributed by atoms with Crippen molar-refractivity contribution in [1.82, 2.24) is 5.32 Å². The summed E-state index contributed by atoms with van der Waals surface area (Å²) >= 11 is 0. The van der Waals surface area contributed by atoms with Crippen LogP contribution in [0.25, 0.3) is 0 Å². The molecule has 0 heterocycles. The van der Waals surface area contributed by atoms with Crippen LogP contribution in [0.2, 0.25) is 0 Å². The number of benzene rings is 1. The quantitative estimate of drug-likeness (QED) is 0.834. The fraction of sp³-hybridized carbons (Fsp3) is 0.500. The van der Waals surface area contributed by atoms with Crippen LogP contribution in [0.5, 0.6) is 5.75 Å². The van der Waals surface area contributed by atoms with E-state index in [2.05, 4.69) is 5.32 Å². The molecule has 0 radical (unpaired) electrons. The van der Waals surface area contributed by atoms with E-state index in [9.17, 15) is 13.2 Å². The molecule has 2 nitrogen and oxygen atoms in total. The van der Waals surface area contributed by atoms with Crippen LogP contribution in [-0.2, 0) is 6.54 Å². The Bertz CT molecular complexity index is 356. The molecule has 0 spiro atoms. The highest BCUT2D eigenvalue weighted by Gasteiger charge is 2.09. The van der Waals surface area contributed by atoms with Gasteiger partial charge in [-0.05, 0) is 18.2 Å². The van der Waals surface area contributed by atoms with Gasteiger partial charge in [0, 0.05) is 18.2 Å². The summed E-state index contributed by atoms with van der Waals surface area (Å²) in [6.45, 7) is 3.59. The van der Waals surface area contributed by atoms with E-state index in [0.29, 0.717) is 17.9 Å². The molecule has 0 atom stereocenters. The third-order valence-corrected chi connectivity index (χ3v) is 2.09. The molecule has 0 amide bonds. The lowest BCUT2D eigenvalue weighted by Crippen LogP contribution is -2.22. The first-order valence-electron chi connectivity index (χ1n) is 5.41. The van der Waals surface area contributed by atoms with E-state index in [4.69, 9.17) is 4.74 Å². The fourth-order valence-corrected chi connectivity index (χ4v) is 1.29. The normalized spacial score (nSPS) is 11.2. The minimum absolute atomic E-state index is 0.223. The van der Waals surface area contributed by atoms with Gasteiger partial charge in [-0.2, -0.15) is 0 Å². The van der Waals surface area contributed by atoms with E-state index in [1.54, 1.807) is 0 Å². The number of alkyl halides is 2. The van der Waals surface area contributed by atoms with E-state index in [1.807, 2.05) is 13.8 Å². The molecule has 17 heavy (non-hydrogen) atoms. The molecule has 0 aromatic heterocycles. The van der Waals surface area contributed by atoms with Crippen molar-refractivity contribution >= 4 is 0 Å². The summed E-state index contributed by atoms with van der Waals surface area (Å²) in [4.78, 5) is 0. The number of hydrogen-bond acceptors (Lipinski definition) is 2. The van der Waals surface area contributed by atoms with Crippen molar-refractivity contribution < 1.29 is 17.9 Å². The van der Waals surface area contributed by atoms with Gasteiger partial charge in [-0.1, -0.05) is 13.8 Å². The van der Waals surface area contributed by atoms with Gasteiger partial charge in [0.25, 0.3) is 6.43 Å². The number of rotatable bonds is 6. The molecule has 0 bridgehead atoms. The largest absolute Gasteiger partial charge is 0.487 e. The van der Waals surface area contributed by atoms with Crippen molar-refractivity contribution in [2.24, 2.45) is 0 Å². The third-order valence-electron chi connectivity index (χ3n) is 2.09. The molecule has 1 N–H and O–H groups in total. The molecule has 0 saturated heterocycles. The second-order valence-electron chi connectivity index (χ2n) is 3.99. The van der Waals surface area contributed by atoms with Gasteiger partial charge in [0.15, 0.2) is 0 Å². The van der Waals surface area contributed by atoms with Crippen molar-refractivity contribution in [3.05, 3.63) is 29.6 Å². The SMILES string of the molecule is CC(C)NCc1cc(F)ccc1OCC(F)F. The molecule has 5 heteroatoms. The van der Waals surface area contributed by atoms with Gasteiger partial charge >= 0.3 is 0 Å². The van der Waals surface area contributed by atoms with Crippen molar-refractivity contribution in [2.75, 3.05) is 6.61 Å². The molecule has 0 fully saturated rings. The zero-order valence-electron chi connectivity index (χ0n) is 9.84. The van der Waals surface area contributed by atoms with Crippen LogP contribution in [0.15, 0.2) is 18.2 Å². The summed E-state index contributed by atoms with van der Waals surface area (Å²) in [5, 5.41) is 3.08. The van der Waals surface area contributed by atoms with Crippen molar-refractivity contribution in [3.63, 3.8) is 0 Å². The highest BCUT2D eigenvalue weighted by molar-refractivity contribution is 5.34. The molecular weight excluding hydrogens is 231 g/mol. The second-order valence-corrected chi connectivity index (χ2v) is 3.99. The monoisotopic (exact) mass is 247 g/mol. The molecule has 0 unspecified atom stereocenters. The van der Waals surface area contributed by atoms with E-state index in [1.165, 1.54) is 18.2 Å². The summed E-state index contributed by atoms with van der Waals surface area (Å²) in [7, 11) is 0. The predicted octanol–water partition coefficient (Wildman–Crippen LogP) is 2.97. The van der Waals surface area contributed by atoms with E-state index in [0.717, 1.165) is 0 Å². The molecule has 1 aromatic carbocycles. The molecule has 0 aliphatic heterocycles. The third kappa shape index (κ3) is 5.08. The van der Waals surface area contributed by atoms with Gasteiger partial charge < -0.3 is 10.1 Å². The molecule has 1 aromatic rings. The highest BCUT2D eigenvalue weighted by Crippen LogP contribution is 2.20. The zero-order valence-corrected chi connectivity index (χ0v) is 9.84. The molecular formula is C12H16F3NO. The fourth-order valence-electron chi connectivity index (χ4n) is 1.29. The minimum atomic E-state index is -2.54. The Kier molecular flexibility index (Phi) is 5.28. The van der Waals surface area contributed by atoms with Crippen LogP contribution in [-0.4, -0.2) is 19.1 Å². The van der Waals surface area contributed by atoms with E-state index in [-0.39, 0.29) is 6.04 Å². The maximum absolute atomic E-state index is 13.0. The maximum Gasteiger partial charge on any atom is 0.272 e. The standard InChI is InChI=1S/C12H16F3NO/c1-8(2)16-6-9-5-10(13)3-4-11(9)17-7-12(14)15/h3-5,8,12,16H,6-7H2,1-2H3. The Morgan fingerprint density at radius 3 is 2.59 bits per heavy atom. The van der Waals surface area contributed by atoms with Gasteiger partial charge in [0.2, 0.25) is 0 Å².